The number of hydrogen-bond donors (Lipinski definition) is 0. The van der Waals surface area contributed by atoms with Gasteiger partial charge in [0.05, 0.1) is 16.7 Å². The summed E-state index contributed by atoms with van der Waals surface area (Å²) >= 11 is 1.04. The van der Waals surface area contributed by atoms with E-state index in [9.17, 15) is 9.18 Å². The lowest BCUT2D eigenvalue weighted by Gasteiger charge is -2.09. The number of aryl methyl sites for hydroxylation is 1. The first-order valence-electron chi connectivity index (χ1n) is 9.15. The molecule has 1 aliphatic rings. The number of fused-ring (bicyclic) bond motifs is 1. The van der Waals surface area contributed by atoms with Gasteiger partial charge in [-0.15, -0.1) is 11.3 Å². The van der Waals surface area contributed by atoms with E-state index < -0.39 is 0 Å². The summed E-state index contributed by atoms with van der Waals surface area (Å²) < 4.78 is 22.4. The first-order chi connectivity index (χ1) is 13.6. The fourth-order valence-electron chi connectivity index (χ4n) is 3.40. The van der Waals surface area contributed by atoms with Crippen LogP contribution >= 0.6 is 11.3 Å². The third-order valence-electron chi connectivity index (χ3n) is 5.02. The van der Waals surface area contributed by atoms with Crippen molar-refractivity contribution in [3.05, 3.63) is 74.8 Å². The van der Waals surface area contributed by atoms with Gasteiger partial charge in [-0.1, -0.05) is 0 Å². The Morgan fingerprint density at radius 1 is 1.21 bits per heavy atom. The third-order valence-corrected chi connectivity index (χ3v) is 5.87. The van der Waals surface area contributed by atoms with Crippen LogP contribution in [0.4, 0.5) is 4.39 Å². The van der Waals surface area contributed by atoms with Crippen LogP contribution in [0.1, 0.15) is 29.5 Å². The van der Waals surface area contributed by atoms with Crippen molar-refractivity contribution in [3.8, 4) is 11.4 Å². The van der Waals surface area contributed by atoms with Gasteiger partial charge in [0.25, 0.3) is 5.56 Å². The highest BCUT2D eigenvalue weighted by atomic mass is 32.1. The maximum absolute atomic E-state index is 13.0. The SMILES string of the molecule is Cn1c(C2CC2)nc2ccc(-n3ccc(OCc4ccc(F)s4)cc3=O)cc21. The van der Waals surface area contributed by atoms with Crippen molar-refractivity contribution >= 4 is 22.4 Å². The van der Waals surface area contributed by atoms with Crippen LogP contribution in [0, 0.1) is 5.13 Å². The fraction of sp³-hybridized carbons (Fsp3) is 0.238. The Morgan fingerprint density at radius 2 is 2.07 bits per heavy atom. The summed E-state index contributed by atoms with van der Waals surface area (Å²) in [6.45, 7) is 0.239. The topological polar surface area (TPSA) is 49.0 Å². The van der Waals surface area contributed by atoms with Gasteiger partial charge in [-0.25, -0.2) is 4.98 Å². The van der Waals surface area contributed by atoms with Gasteiger partial charge in [0.15, 0.2) is 5.13 Å². The van der Waals surface area contributed by atoms with E-state index in [0.717, 1.165) is 38.8 Å². The van der Waals surface area contributed by atoms with Gasteiger partial charge in [0, 0.05) is 30.1 Å². The predicted molar refractivity (Wildman–Crippen MR) is 107 cm³/mol. The molecule has 0 bridgehead atoms. The summed E-state index contributed by atoms with van der Waals surface area (Å²) in [4.78, 5) is 18.1. The number of halogens is 1. The molecule has 0 aliphatic heterocycles. The normalized spacial score (nSPS) is 13.9. The smallest absolute Gasteiger partial charge is 0.258 e. The predicted octanol–water partition coefficient (Wildman–Crippen LogP) is 4.38. The molecule has 1 saturated carbocycles. The first kappa shape index (κ1) is 17.2. The van der Waals surface area contributed by atoms with Crippen LogP contribution in [0.15, 0.2) is 53.5 Å². The summed E-state index contributed by atoms with van der Waals surface area (Å²) in [5, 5.41) is -0.246. The van der Waals surface area contributed by atoms with Gasteiger partial charge in [-0.05, 0) is 49.2 Å². The number of hydrogen-bond acceptors (Lipinski definition) is 4. The highest BCUT2D eigenvalue weighted by Gasteiger charge is 2.28. The molecule has 142 valence electrons. The van der Waals surface area contributed by atoms with Crippen LogP contribution in [0.3, 0.4) is 0 Å². The highest BCUT2D eigenvalue weighted by molar-refractivity contribution is 7.10. The molecule has 3 aromatic heterocycles. The Balaban J connectivity index is 1.42. The molecule has 28 heavy (non-hydrogen) atoms. The van der Waals surface area contributed by atoms with Gasteiger partial charge in [-0.3, -0.25) is 9.36 Å². The molecular weight excluding hydrogens is 377 g/mol. The zero-order chi connectivity index (χ0) is 19.3. The van der Waals surface area contributed by atoms with E-state index in [-0.39, 0.29) is 17.3 Å². The molecule has 0 unspecified atom stereocenters. The molecule has 0 radical (unpaired) electrons. The molecule has 7 heteroatoms. The van der Waals surface area contributed by atoms with E-state index in [1.807, 2.05) is 25.2 Å². The van der Waals surface area contributed by atoms with E-state index in [4.69, 9.17) is 9.72 Å². The van der Waals surface area contributed by atoms with Gasteiger partial charge < -0.3 is 9.30 Å². The average molecular weight is 395 g/mol. The molecule has 5 rings (SSSR count). The van der Waals surface area contributed by atoms with E-state index >= 15 is 0 Å². The molecule has 1 aromatic carbocycles. The minimum absolute atomic E-state index is 0.182. The Labute approximate surface area is 164 Å². The molecule has 0 atom stereocenters. The second-order valence-electron chi connectivity index (χ2n) is 7.04. The van der Waals surface area contributed by atoms with Crippen molar-refractivity contribution in [1.82, 2.24) is 14.1 Å². The summed E-state index contributed by atoms with van der Waals surface area (Å²) in [6, 6.07) is 12.1. The van der Waals surface area contributed by atoms with Crippen molar-refractivity contribution in [2.75, 3.05) is 0 Å². The zero-order valence-electron chi connectivity index (χ0n) is 15.3. The zero-order valence-corrected chi connectivity index (χ0v) is 16.1. The Morgan fingerprint density at radius 3 is 2.79 bits per heavy atom. The molecule has 1 fully saturated rings. The first-order valence-corrected chi connectivity index (χ1v) is 9.96. The summed E-state index contributed by atoms with van der Waals surface area (Å²) in [6.07, 6.45) is 4.10. The molecule has 3 heterocycles. The fourth-order valence-corrected chi connectivity index (χ4v) is 4.04. The molecule has 0 saturated heterocycles. The van der Waals surface area contributed by atoms with Gasteiger partial charge >= 0.3 is 0 Å². The lowest BCUT2D eigenvalue weighted by Crippen LogP contribution is -2.16. The molecule has 4 aromatic rings. The van der Waals surface area contributed by atoms with Crippen LogP contribution in [0.25, 0.3) is 16.7 Å². The molecule has 0 spiro atoms. The van der Waals surface area contributed by atoms with Gasteiger partial charge in [-0.2, -0.15) is 4.39 Å². The molecule has 5 nitrogen and oxygen atoms in total. The van der Waals surface area contributed by atoms with Crippen LogP contribution < -0.4 is 10.3 Å². The Hall–Kier alpha value is -2.93. The number of ether oxygens (including phenoxy) is 1. The number of aromatic nitrogens is 3. The third kappa shape index (κ3) is 3.11. The number of pyridine rings is 1. The minimum Gasteiger partial charge on any atom is -0.488 e. The minimum atomic E-state index is -0.246. The summed E-state index contributed by atoms with van der Waals surface area (Å²) in [7, 11) is 2.03. The molecule has 0 amide bonds. The van der Waals surface area contributed by atoms with Crippen molar-refractivity contribution in [2.45, 2.75) is 25.4 Å². The van der Waals surface area contributed by atoms with E-state index in [1.165, 1.54) is 25.0 Å². The van der Waals surface area contributed by atoms with Crippen molar-refractivity contribution in [2.24, 2.45) is 7.05 Å². The van der Waals surface area contributed by atoms with Crippen LogP contribution in [0.5, 0.6) is 5.75 Å². The van der Waals surface area contributed by atoms with Crippen LogP contribution in [0.2, 0.25) is 0 Å². The monoisotopic (exact) mass is 395 g/mol. The van der Waals surface area contributed by atoms with Crippen molar-refractivity contribution in [1.29, 1.82) is 0 Å². The second-order valence-corrected chi connectivity index (χ2v) is 8.16. The Bertz CT molecular complexity index is 1240. The van der Waals surface area contributed by atoms with E-state index in [2.05, 4.69) is 4.57 Å². The van der Waals surface area contributed by atoms with Gasteiger partial charge in [0.2, 0.25) is 0 Å². The number of thiophene rings is 1. The second kappa shape index (κ2) is 6.60. The largest absolute Gasteiger partial charge is 0.488 e. The number of benzene rings is 1. The molecule has 1 aliphatic carbocycles. The molecule has 0 N–H and O–H groups in total. The lowest BCUT2D eigenvalue weighted by atomic mass is 10.2. The molecular formula is C21H18FN3O2S. The van der Waals surface area contributed by atoms with Crippen molar-refractivity contribution < 1.29 is 9.13 Å². The van der Waals surface area contributed by atoms with Crippen LogP contribution in [-0.4, -0.2) is 14.1 Å². The average Bonchev–Trinajstić information content (AvgIpc) is 3.37. The standard InChI is InChI=1S/C21H18FN3O2S/c1-24-18-10-14(4-6-17(18)23-21(24)13-2-3-13)25-9-8-15(11-20(25)26)27-12-16-5-7-19(22)28-16/h4-11,13H,2-3,12H2,1H3. The van der Waals surface area contributed by atoms with E-state index in [0.29, 0.717) is 11.7 Å². The summed E-state index contributed by atoms with van der Waals surface area (Å²) in [5.41, 5.74) is 2.57. The number of nitrogens with zero attached hydrogens (tertiary/aromatic N) is 3. The lowest BCUT2D eigenvalue weighted by molar-refractivity contribution is 0.309. The maximum Gasteiger partial charge on any atom is 0.258 e. The quantitative estimate of drug-likeness (QED) is 0.504. The van der Waals surface area contributed by atoms with Crippen molar-refractivity contribution in [3.63, 3.8) is 0 Å². The number of imidazole rings is 1. The number of rotatable bonds is 5. The van der Waals surface area contributed by atoms with Gasteiger partial charge in [0.1, 0.15) is 18.2 Å². The summed E-state index contributed by atoms with van der Waals surface area (Å²) in [5.74, 6) is 2.15. The van der Waals surface area contributed by atoms with E-state index in [1.54, 1.807) is 22.9 Å². The Kier molecular flexibility index (Phi) is 4.05. The highest BCUT2D eigenvalue weighted by Crippen LogP contribution is 2.40. The van der Waals surface area contributed by atoms with Crippen LogP contribution in [-0.2, 0) is 13.7 Å². The maximum atomic E-state index is 13.0.